The lowest BCUT2D eigenvalue weighted by Crippen LogP contribution is -2.18. The van der Waals surface area contributed by atoms with Gasteiger partial charge < -0.3 is 10.4 Å². The van der Waals surface area contributed by atoms with Crippen LogP contribution in [0, 0.1) is 6.92 Å². The zero-order chi connectivity index (χ0) is 13.8. The maximum absolute atomic E-state index is 10.6. The Hall–Kier alpha value is -2.10. The van der Waals surface area contributed by atoms with Crippen LogP contribution in [0.5, 0.6) is 0 Å². The van der Waals surface area contributed by atoms with Gasteiger partial charge in [-0.25, -0.2) is 4.98 Å². The van der Waals surface area contributed by atoms with Crippen LogP contribution in [0.2, 0.25) is 0 Å². The van der Waals surface area contributed by atoms with E-state index in [0.717, 1.165) is 22.3 Å². The quantitative estimate of drug-likeness (QED) is 0.864. The summed E-state index contributed by atoms with van der Waals surface area (Å²) in [4.78, 5) is 15.1. The van der Waals surface area contributed by atoms with Crippen molar-refractivity contribution < 1.29 is 9.90 Å². The third-order valence-electron chi connectivity index (χ3n) is 3.09. The summed E-state index contributed by atoms with van der Waals surface area (Å²) < 4.78 is 0. The highest BCUT2D eigenvalue weighted by Gasteiger charge is 2.08. The number of aryl methyl sites for hydroxylation is 1. The summed E-state index contributed by atoms with van der Waals surface area (Å²) in [6.45, 7) is 3.98. The van der Waals surface area contributed by atoms with Crippen molar-refractivity contribution in [1.82, 2.24) is 4.98 Å². The lowest BCUT2D eigenvalue weighted by molar-refractivity contribution is -0.137. The molecule has 100 valence electrons. The van der Waals surface area contributed by atoms with Gasteiger partial charge in [-0.1, -0.05) is 18.2 Å². The van der Waals surface area contributed by atoms with Crippen molar-refractivity contribution in [3.8, 4) is 0 Å². The van der Waals surface area contributed by atoms with E-state index in [-0.39, 0.29) is 12.5 Å². The maximum atomic E-state index is 10.6. The summed E-state index contributed by atoms with van der Waals surface area (Å²) >= 11 is 0. The van der Waals surface area contributed by atoms with Crippen LogP contribution in [-0.2, 0) is 4.79 Å². The van der Waals surface area contributed by atoms with Crippen molar-refractivity contribution in [2.24, 2.45) is 0 Å². The minimum atomic E-state index is -0.767. The minimum Gasteiger partial charge on any atom is -0.481 e. The highest BCUT2D eigenvalue weighted by Crippen LogP contribution is 2.20. The van der Waals surface area contributed by atoms with Crippen molar-refractivity contribution in [3.05, 3.63) is 35.9 Å². The number of hydrogen-bond acceptors (Lipinski definition) is 3. The summed E-state index contributed by atoms with van der Waals surface area (Å²) in [6.07, 6.45) is 0.754. The van der Waals surface area contributed by atoms with Gasteiger partial charge in [0.25, 0.3) is 0 Å². The molecule has 0 spiro atoms. The standard InChI is InChI=1S/C15H18N2O2/c1-10-9-12-5-3-4-6-13(12)17-15(10)16-11(2)7-8-14(18)19/h3-6,9,11H,7-8H2,1-2H3,(H,16,17)(H,18,19). The monoisotopic (exact) mass is 258 g/mol. The summed E-state index contributed by atoms with van der Waals surface area (Å²) in [7, 11) is 0. The fraction of sp³-hybridized carbons (Fsp3) is 0.333. The van der Waals surface area contributed by atoms with Crippen LogP contribution in [0.3, 0.4) is 0 Å². The van der Waals surface area contributed by atoms with Gasteiger partial charge in [0.05, 0.1) is 5.52 Å². The second kappa shape index (κ2) is 5.69. The lowest BCUT2D eigenvalue weighted by atomic mass is 10.1. The first kappa shape index (κ1) is 13.3. The van der Waals surface area contributed by atoms with Gasteiger partial charge >= 0.3 is 5.97 Å². The van der Waals surface area contributed by atoms with E-state index in [0.29, 0.717) is 6.42 Å². The smallest absolute Gasteiger partial charge is 0.303 e. The van der Waals surface area contributed by atoms with Crippen LogP contribution in [0.4, 0.5) is 5.82 Å². The number of nitrogens with zero attached hydrogens (tertiary/aromatic N) is 1. The predicted molar refractivity (Wildman–Crippen MR) is 76.4 cm³/mol. The highest BCUT2D eigenvalue weighted by molar-refractivity contribution is 5.81. The van der Waals surface area contributed by atoms with E-state index in [9.17, 15) is 4.79 Å². The van der Waals surface area contributed by atoms with Crippen LogP contribution in [0.1, 0.15) is 25.3 Å². The number of anilines is 1. The molecule has 19 heavy (non-hydrogen) atoms. The fourth-order valence-electron chi connectivity index (χ4n) is 2.01. The normalized spacial score (nSPS) is 12.3. The number of carboxylic acids is 1. The molecule has 1 unspecified atom stereocenters. The molecule has 1 aromatic heterocycles. The second-order valence-electron chi connectivity index (χ2n) is 4.82. The summed E-state index contributed by atoms with van der Waals surface area (Å²) in [6, 6.07) is 10.1. The van der Waals surface area contributed by atoms with E-state index in [1.54, 1.807) is 0 Å². The Labute approximate surface area is 112 Å². The van der Waals surface area contributed by atoms with Gasteiger partial charge in [-0.15, -0.1) is 0 Å². The number of aliphatic carboxylic acids is 1. The maximum Gasteiger partial charge on any atom is 0.303 e. The average Bonchev–Trinajstić information content (AvgIpc) is 2.37. The summed E-state index contributed by atoms with van der Waals surface area (Å²) in [5.41, 5.74) is 2.02. The molecule has 1 atom stereocenters. The zero-order valence-corrected chi connectivity index (χ0v) is 11.2. The number of aromatic nitrogens is 1. The molecule has 0 radical (unpaired) electrons. The van der Waals surface area contributed by atoms with E-state index in [4.69, 9.17) is 5.11 Å². The number of nitrogens with one attached hydrogen (secondary N) is 1. The van der Waals surface area contributed by atoms with E-state index in [1.807, 2.05) is 38.1 Å². The Kier molecular flexibility index (Phi) is 4.00. The molecule has 0 aliphatic rings. The second-order valence-corrected chi connectivity index (χ2v) is 4.82. The molecule has 0 fully saturated rings. The minimum absolute atomic E-state index is 0.0865. The molecular formula is C15H18N2O2. The third kappa shape index (κ3) is 3.44. The molecule has 2 rings (SSSR count). The van der Waals surface area contributed by atoms with Gasteiger partial charge in [-0.3, -0.25) is 4.79 Å². The number of benzene rings is 1. The van der Waals surface area contributed by atoms with Crippen molar-refractivity contribution >= 4 is 22.7 Å². The summed E-state index contributed by atoms with van der Waals surface area (Å²) in [5, 5.41) is 13.1. The lowest BCUT2D eigenvalue weighted by Gasteiger charge is -2.16. The third-order valence-corrected chi connectivity index (χ3v) is 3.09. The molecule has 1 aromatic carbocycles. The molecule has 0 aliphatic heterocycles. The Bertz CT molecular complexity index is 596. The largest absolute Gasteiger partial charge is 0.481 e. The van der Waals surface area contributed by atoms with Crippen LogP contribution in [-0.4, -0.2) is 22.1 Å². The number of hydrogen-bond donors (Lipinski definition) is 2. The molecule has 0 bridgehead atoms. The van der Waals surface area contributed by atoms with Gasteiger partial charge in [0, 0.05) is 17.8 Å². The topological polar surface area (TPSA) is 62.2 Å². The molecule has 0 saturated heterocycles. The Morgan fingerprint density at radius 3 is 2.89 bits per heavy atom. The number of carboxylic acid groups (broad SMARTS) is 1. The van der Waals surface area contributed by atoms with E-state index in [1.165, 1.54) is 0 Å². The van der Waals surface area contributed by atoms with Gasteiger partial charge in [0.15, 0.2) is 0 Å². The van der Waals surface area contributed by atoms with E-state index in [2.05, 4.69) is 16.4 Å². The van der Waals surface area contributed by atoms with Crippen molar-refractivity contribution in [2.45, 2.75) is 32.7 Å². The molecule has 0 aliphatic carbocycles. The number of para-hydroxylation sites is 1. The summed E-state index contributed by atoms with van der Waals surface area (Å²) in [5.74, 6) is 0.0634. The van der Waals surface area contributed by atoms with Crippen LogP contribution >= 0.6 is 0 Å². The van der Waals surface area contributed by atoms with Crippen LogP contribution in [0.15, 0.2) is 30.3 Å². The first-order valence-corrected chi connectivity index (χ1v) is 6.41. The van der Waals surface area contributed by atoms with Crippen LogP contribution in [0.25, 0.3) is 10.9 Å². The predicted octanol–water partition coefficient (Wildman–Crippen LogP) is 3.21. The number of pyridine rings is 1. The first-order chi connectivity index (χ1) is 9.06. The van der Waals surface area contributed by atoms with Gasteiger partial charge in [-0.2, -0.15) is 0 Å². The van der Waals surface area contributed by atoms with E-state index < -0.39 is 5.97 Å². The number of rotatable bonds is 5. The van der Waals surface area contributed by atoms with Gasteiger partial charge in [0.1, 0.15) is 5.82 Å². The fourth-order valence-corrected chi connectivity index (χ4v) is 2.01. The SMILES string of the molecule is Cc1cc2ccccc2nc1NC(C)CCC(=O)O. The van der Waals surface area contributed by atoms with Gasteiger partial charge in [-0.05, 0) is 38.0 Å². The molecule has 0 amide bonds. The van der Waals surface area contributed by atoms with Crippen molar-refractivity contribution in [2.75, 3.05) is 5.32 Å². The highest BCUT2D eigenvalue weighted by atomic mass is 16.4. The molecule has 4 nitrogen and oxygen atoms in total. The van der Waals surface area contributed by atoms with Crippen LogP contribution < -0.4 is 5.32 Å². The Morgan fingerprint density at radius 2 is 2.16 bits per heavy atom. The van der Waals surface area contributed by atoms with Gasteiger partial charge in [0.2, 0.25) is 0 Å². The molecular weight excluding hydrogens is 240 g/mol. The molecule has 1 heterocycles. The van der Waals surface area contributed by atoms with Crippen molar-refractivity contribution in [1.29, 1.82) is 0 Å². The van der Waals surface area contributed by atoms with E-state index >= 15 is 0 Å². The first-order valence-electron chi connectivity index (χ1n) is 6.41. The zero-order valence-electron chi connectivity index (χ0n) is 11.2. The Morgan fingerprint density at radius 1 is 1.42 bits per heavy atom. The molecule has 2 aromatic rings. The van der Waals surface area contributed by atoms with Crippen molar-refractivity contribution in [3.63, 3.8) is 0 Å². The Balaban J connectivity index is 2.15. The average molecular weight is 258 g/mol. The molecule has 4 heteroatoms. The molecule has 0 saturated carbocycles. The number of carbonyl (C=O) groups is 1. The number of fused-ring (bicyclic) bond motifs is 1. The molecule has 2 N–H and O–H groups in total.